The monoisotopic (exact) mass is 129 g/mol. The number of nitrogens with zero attached hydrogens (tertiary/aromatic N) is 3. The first-order valence-electron chi connectivity index (χ1n) is 2.10. The van der Waals surface area contributed by atoms with E-state index < -0.39 is 0 Å². The van der Waals surface area contributed by atoms with Crippen LogP contribution >= 0.6 is 11.6 Å². The van der Waals surface area contributed by atoms with Gasteiger partial charge in [-0.1, -0.05) is 11.6 Å². The highest BCUT2D eigenvalue weighted by atomic mass is 35.5. The van der Waals surface area contributed by atoms with E-state index in [1.165, 1.54) is 6.33 Å². The van der Waals surface area contributed by atoms with Crippen molar-refractivity contribution in [2.24, 2.45) is 0 Å². The molecule has 0 aliphatic carbocycles. The van der Waals surface area contributed by atoms with E-state index in [2.05, 4.69) is 15.2 Å². The van der Waals surface area contributed by atoms with E-state index in [0.717, 1.165) is 0 Å². The zero-order valence-electron chi connectivity index (χ0n) is 4.30. The second-order valence-electron chi connectivity index (χ2n) is 1.34. The molecular weight excluding hydrogens is 126 g/mol. The third-order valence-corrected chi connectivity index (χ3v) is 1.10. The molecular formula is C4H4ClN3. The summed E-state index contributed by atoms with van der Waals surface area (Å²) in [6, 6.07) is 0. The molecule has 0 saturated heterocycles. The molecule has 1 heterocycles. The van der Waals surface area contributed by atoms with Gasteiger partial charge >= 0.3 is 0 Å². The third kappa shape index (κ3) is 0.924. The number of hydrogen-bond acceptors (Lipinski definition) is 3. The Kier molecular flexibility index (Phi) is 1.39. The molecule has 0 aromatic carbocycles. The fourth-order valence-electron chi connectivity index (χ4n) is 0.315. The van der Waals surface area contributed by atoms with Crippen molar-refractivity contribution in [2.45, 2.75) is 6.92 Å². The van der Waals surface area contributed by atoms with Crippen molar-refractivity contribution < 1.29 is 0 Å². The standard InChI is InChI=1S/C4H4ClN3/c1-3-4(5)8-7-2-6-3/h2H,1H3. The normalized spacial score (nSPS) is 9.25. The molecule has 3 nitrogen and oxygen atoms in total. The Bertz CT molecular complexity index is 167. The Morgan fingerprint density at radius 3 is 2.75 bits per heavy atom. The first-order valence-corrected chi connectivity index (χ1v) is 2.48. The molecule has 4 heteroatoms. The second kappa shape index (κ2) is 2.05. The third-order valence-electron chi connectivity index (χ3n) is 0.747. The topological polar surface area (TPSA) is 38.7 Å². The fourth-order valence-corrected chi connectivity index (χ4v) is 0.407. The van der Waals surface area contributed by atoms with Gasteiger partial charge in [0.2, 0.25) is 0 Å². The zero-order chi connectivity index (χ0) is 5.98. The van der Waals surface area contributed by atoms with Crippen molar-refractivity contribution in [3.05, 3.63) is 17.2 Å². The highest BCUT2D eigenvalue weighted by molar-refractivity contribution is 6.29. The van der Waals surface area contributed by atoms with Crippen LogP contribution in [0.1, 0.15) is 5.69 Å². The SMILES string of the molecule is Cc1ncnnc1Cl. The van der Waals surface area contributed by atoms with Crippen LogP contribution in [0.5, 0.6) is 0 Å². The van der Waals surface area contributed by atoms with Gasteiger partial charge in [0.05, 0.1) is 5.69 Å². The lowest BCUT2D eigenvalue weighted by atomic mass is 10.5. The average molecular weight is 130 g/mol. The molecule has 0 amide bonds. The Morgan fingerprint density at radius 2 is 2.38 bits per heavy atom. The highest BCUT2D eigenvalue weighted by Gasteiger charge is 1.91. The lowest BCUT2D eigenvalue weighted by Crippen LogP contribution is -1.87. The number of hydrogen-bond donors (Lipinski definition) is 0. The van der Waals surface area contributed by atoms with Crippen LogP contribution in [0.2, 0.25) is 5.15 Å². The molecule has 1 rings (SSSR count). The van der Waals surface area contributed by atoms with Crippen LogP contribution in [0.4, 0.5) is 0 Å². The van der Waals surface area contributed by atoms with Gasteiger partial charge in [0.25, 0.3) is 0 Å². The lowest BCUT2D eigenvalue weighted by Gasteiger charge is -1.87. The maximum absolute atomic E-state index is 5.47. The smallest absolute Gasteiger partial charge is 0.172 e. The molecule has 1 aromatic rings. The quantitative estimate of drug-likeness (QED) is 0.521. The van der Waals surface area contributed by atoms with Gasteiger partial charge in [-0.05, 0) is 6.92 Å². The van der Waals surface area contributed by atoms with Gasteiger partial charge in [-0.3, -0.25) is 0 Å². The summed E-state index contributed by atoms with van der Waals surface area (Å²) in [5.41, 5.74) is 0.710. The van der Waals surface area contributed by atoms with Crippen LogP contribution in [0, 0.1) is 6.92 Å². The Balaban J connectivity index is 3.13. The fraction of sp³-hybridized carbons (Fsp3) is 0.250. The number of aryl methyl sites for hydroxylation is 1. The minimum absolute atomic E-state index is 0.368. The van der Waals surface area contributed by atoms with Crippen molar-refractivity contribution in [3.8, 4) is 0 Å². The van der Waals surface area contributed by atoms with Crippen LogP contribution in [-0.4, -0.2) is 15.2 Å². The van der Waals surface area contributed by atoms with Crippen LogP contribution in [0.25, 0.3) is 0 Å². The maximum Gasteiger partial charge on any atom is 0.172 e. The van der Waals surface area contributed by atoms with Crippen molar-refractivity contribution in [3.63, 3.8) is 0 Å². The summed E-state index contributed by atoms with van der Waals surface area (Å²) in [4.78, 5) is 3.77. The molecule has 42 valence electrons. The number of halogens is 1. The molecule has 0 atom stereocenters. The first-order chi connectivity index (χ1) is 3.80. The Labute approximate surface area is 51.7 Å². The number of rotatable bonds is 0. The van der Waals surface area contributed by atoms with Gasteiger partial charge in [0.15, 0.2) is 5.15 Å². The van der Waals surface area contributed by atoms with Gasteiger partial charge in [-0.15, -0.1) is 10.2 Å². The first kappa shape index (κ1) is 5.44. The van der Waals surface area contributed by atoms with Crippen LogP contribution < -0.4 is 0 Å². The van der Waals surface area contributed by atoms with E-state index >= 15 is 0 Å². The molecule has 0 bridgehead atoms. The number of aromatic nitrogens is 3. The van der Waals surface area contributed by atoms with Crippen LogP contribution in [0.15, 0.2) is 6.33 Å². The molecule has 0 saturated carbocycles. The van der Waals surface area contributed by atoms with Crippen molar-refractivity contribution in [2.75, 3.05) is 0 Å². The van der Waals surface area contributed by atoms with Gasteiger partial charge in [-0.25, -0.2) is 4.98 Å². The summed E-state index contributed by atoms with van der Waals surface area (Å²) < 4.78 is 0. The summed E-state index contributed by atoms with van der Waals surface area (Å²) in [5, 5.41) is 7.35. The lowest BCUT2D eigenvalue weighted by molar-refractivity contribution is 0.940. The minimum atomic E-state index is 0.368. The molecule has 8 heavy (non-hydrogen) atoms. The summed E-state index contributed by atoms with van der Waals surface area (Å²) in [7, 11) is 0. The minimum Gasteiger partial charge on any atom is -0.236 e. The summed E-state index contributed by atoms with van der Waals surface area (Å²) >= 11 is 5.47. The van der Waals surface area contributed by atoms with Crippen molar-refractivity contribution >= 4 is 11.6 Å². The van der Waals surface area contributed by atoms with E-state index in [1.54, 1.807) is 6.92 Å². The molecule has 0 radical (unpaired) electrons. The van der Waals surface area contributed by atoms with Crippen LogP contribution in [-0.2, 0) is 0 Å². The summed E-state index contributed by atoms with van der Waals surface area (Å²) in [5.74, 6) is 0. The largest absolute Gasteiger partial charge is 0.236 e. The molecule has 0 N–H and O–H groups in total. The molecule has 0 spiro atoms. The van der Waals surface area contributed by atoms with Gasteiger partial charge in [-0.2, -0.15) is 0 Å². The van der Waals surface area contributed by atoms with Gasteiger partial charge < -0.3 is 0 Å². The average Bonchev–Trinajstić information content (AvgIpc) is 1.77. The Morgan fingerprint density at radius 1 is 1.62 bits per heavy atom. The van der Waals surface area contributed by atoms with Gasteiger partial charge in [0.1, 0.15) is 6.33 Å². The van der Waals surface area contributed by atoms with Crippen LogP contribution in [0.3, 0.4) is 0 Å². The second-order valence-corrected chi connectivity index (χ2v) is 1.69. The van der Waals surface area contributed by atoms with E-state index in [1.807, 2.05) is 0 Å². The molecule has 0 aliphatic heterocycles. The van der Waals surface area contributed by atoms with E-state index in [9.17, 15) is 0 Å². The molecule has 0 unspecified atom stereocenters. The van der Waals surface area contributed by atoms with Gasteiger partial charge in [0, 0.05) is 0 Å². The van der Waals surface area contributed by atoms with E-state index in [4.69, 9.17) is 11.6 Å². The van der Waals surface area contributed by atoms with Crippen molar-refractivity contribution in [1.82, 2.24) is 15.2 Å². The predicted molar refractivity (Wildman–Crippen MR) is 29.6 cm³/mol. The molecule has 0 aliphatic rings. The predicted octanol–water partition coefficient (Wildman–Crippen LogP) is 0.833. The summed E-state index contributed by atoms with van der Waals surface area (Å²) in [6.45, 7) is 1.77. The molecule has 1 aromatic heterocycles. The van der Waals surface area contributed by atoms with E-state index in [-0.39, 0.29) is 0 Å². The Hall–Kier alpha value is -0.700. The summed E-state index contributed by atoms with van der Waals surface area (Å²) in [6.07, 6.45) is 1.36. The highest BCUT2D eigenvalue weighted by Crippen LogP contribution is 2.03. The molecule has 0 fully saturated rings. The van der Waals surface area contributed by atoms with E-state index in [0.29, 0.717) is 10.8 Å². The maximum atomic E-state index is 5.47. The van der Waals surface area contributed by atoms with Crippen molar-refractivity contribution in [1.29, 1.82) is 0 Å². The zero-order valence-corrected chi connectivity index (χ0v) is 5.05.